The van der Waals surface area contributed by atoms with E-state index in [9.17, 15) is 5.11 Å². The van der Waals surface area contributed by atoms with Crippen LogP contribution in [0.3, 0.4) is 0 Å². The number of allylic oxidation sites excluding steroid dienone is 4. The molecule has 6 atom stereocenters. The van der Waals surface area contributed by atoms with E-state index in [4.69, 9.17) is 4.74 Å². The Balaban J connectivity index is 1.74. The lowest BCUT2D eigenvalue weighted by Crippen LogP contribution is -2.50. The lowest BCUT2D eigenvalue weighted by molar-refractivity contribution is -0.0655. The van der Waals surface area contributed by atoms with E-state index in [1.54, 1.807) is 11.1 Å². The molecule has 2 heteroatoms. The van der Waals surface area contributed by atoms with E-state index >= 15 is 0 Å². The van der Waals surface area contributed by atoms with Crippen LogP contribution >= 0.6 is 0 Å². The molecular weight excluding hydrogens is 308 g/mol. The van der Waals surface area contributed by atoms with Gasteiger partial charge >= 0.3 is 0 Å². The first kappa shape index (κ1) is 17.6. The van der Waals surface area contributed by atoms with Crippen LogP contribution in [0.2, 0.25) is 0 Å². The molecule has 0 amide bonds. The molecule has 2 nitrogen and oxygen atoms in total. The minimum Gasteiger partial charge on any atom is -0.498 e. The van der Waals surface area contributed by atoms with E-state index in [1.807, 2.05) is 0 Å². The van der Waals surface area contributed by atoms with Gasteiger partial charge in [0.25, 0.3) is 0 Å². The summed E-state index contributed by atoms with van der Waals surface area (Å²) >= 11 is 0. The molecule has 1 unspecified atom stereocenters. The summed E-state index contributed by atoms with van der Waals surface area (Å²) in [6.45, 7) is 10.1. The Bertz CT molecular complexity index is 603. The van der Waals surface area contributed by atoms with Crippen molar-refractivity contribution in [2.45, 2.75) is 85.2 Å². The highest BCUT2D eigenvalue weighted by atomic mass is 16.5. The van der Waals surface area contributed by atoms with E-state index in [2.05, 4.69) is 33.8 Å². The van der Waals surface area contributed by atoms with Crippen LogP contribution in [-0.2, 0) is 4.74 Å². The number of rotatable bonds is 3. The minimum atomic E-state index is -0.0717. The first-order valence-electron chi connectivity index (χ1n) is 10.7. The van der Waals surface area contributed by atoms with Crippen molar-refractivity contribution in [2.24, 2.45) is 28.6 Å². The topological polar surface area (TPSA) is 29.5 Å². The summed E-state index contributed by atoms with van der Waals surface area (Å²) in [6.07, 6.45) is 11.9. The Hall–Kier alpha value is -0.760. The van der Waals surface area contributed by atoms with Gasteiger partial charge in [-0.25, -0.2) is 0 Å². The van der Waals surface area contributed by atoms with Crippen LogP contribution in [0.4, 0.5) is 0 Å². The van der Waals surface area contributed by atoms with Crippen LogP contribution < -0.4 is 0 Å². The van der Waals surface area contributed by atoms with Crippen LogP contribution in [0.1, 0.15) is 79.1 Å². The monoisotopic (exact) mass is 344 g/mol. The van der Waals surface area contributed by atoms with Crippen molar-refractivity contribution in [3.05, 3.63) is 23.0 Å². The Labute approximate surface area is 153 Å². The van der Waals surface area contributed by atoms with E-state index < -0.39 is 0 Å². The molecule has 0 aliphatic heterocycles. The van der Waals surface area contributed by atoms with Gasteiger partial charge in [-0.3, -0.25) is 0 Å². The van der Waals surface area contributed by atoms with Gasteiger partial charge in [0, 0.05) is 6.42 Å². The summed E-state index contributed by atoms with van der Waals surface area (Å²) in [4.78, 5) is 0. The molecular formula is C23H36O2. The fourth-order valence-electron chi connectivity index (χ4n) is 7.17. The summed E-state index contributed by atoms with van der Waals surface area (Å²) in [5.41, 5.74) is 3.79. The second-order valence-corrected chi connectivity index (χ2v) is 9.55. The van der Waals surface area contributed by atoms with Crippen molar-refractivity contribution >= 4 is 0 Å². The SMILES string of the molecule is CCOC1=CC2=C(CC)C[C@@H]3[C@H](CC[C@]4(C)C(O)CC[C@@H]34)[C@@]2(C)CC1. The van der Waals surface area contributed by atoms with Crippen molar-refractivity contribution in [1.29, 1.82) is 0 Å². The van der Waals surface area contributed by atoms with Gasteiger partial charge in [0.05, 0.1) is 18.5 Å². The fraction of sp³-hybridized carbons (Fsp3) is 0.826. The molecule has 0 radical (unpaired) electrons. The molecule has 0 heterocycles. The molecule has 1 N–H and O–H groups in total. The van der Waals surface area contributed by atoms with E-state index in [-0.39, 0.29) is 11.5 Å². The molecule has 25 heavy (non-hydrogen) atoms. The number of aliphatic hydroxyl groups excluding tert-OH is 1. The van der Waals surface area contributed by atoms with Crippen LogP contribution in [0.25, 0.3) is 0 Å². The minimum absolute atomic E-state index is 0.0717. The quantitative estimate of drug-likeness (QED) is 0.720. The van der Waals surface area contributed by atoms with Crippen molar-refractivity contribution in [1.82, 2.24) is 0 Å². The van der Waals surface area contributed by atoms with E-state index in [0.29, 0.717) is 5.41 Å². The Morgan fingerprint density at radius 1 is 1.12 bits per heavy atom. The van der Waals surface area contributed by atoms with Gasteiger partial charge in [-0.05, 0) is 92.1 Å². The molecule has 140 valence electrons. The van der Waals surface area contributed by atoms with Crippen molar-refractivity contribution in [3.63, 3.8) is 0 Å². The van der Waals surface area contributed by atoms with Crippen molar-refractivity contribution in [3.8, 4) is 0 Å². The van der Waals surface area contributed by atoms with Gasteiger partial charge in [0.2, 0.25) is 0 Å². The average molecular weight is 345 g/mol. The van der Waals surface area contributed by atoms with Gasteiger partial charge in [-0.15, -0.1) is 0 Å². The van der Waals surface area contributed by atoms with Crippen LogP contribution in [-0.4, -0.2) is 17.8 Å². The third-order valence-electron chi connectivity index (χ3n) is 8.64. The molecule has 4 aliphatic carbocycles. The van der Waals surface area contributed by atoms with Gasteiger partial charge in [-0.2, -0.15) is 0 Å². The second-order valence-electron chi connectivity index (χ2n) is 9.55. The highest BCUT2D eigenvalue weighted by Gasteiger charge is 2.58. The predicted molar refractivity (Wildman–Crippen MR) is 102 cm³/mol. The van der Waals surface area contributed by atoms with Gasteiger partial charge in [0.15, 0.2) is 0 Å². The molecule has 2 saturated carbocycles. The lowest BCUT2D eigenvalue weighted by atomic mass is 9.47. The number of fused-ring (bicyclic) bond motifs is 5. The maximum Gasteiger partial charge on any atom is 0.0962 e. The van der Waals surface area contributed by atoms with Crippen molar-refractivity contribution < 1.29 is 9.84 Å². The molecule has 2 fully saturated rings. The third-order valence-corrected chi connectivity index (χ3v) is 8.64. The predicted octanol–water partition coefficient (Wildman–Crippen LogP) is 5.62. The number of ether oxygens (including phenoxy) is 1. The molecule has 0 aromatic rings. The average Bonchev–Trinajstić information content (AvgIpc) is 2.90. The number of aliphatic hydroxyl groups is 1. The molecule has 0 aromatic heterocycles. The van der Waals surface area contributed by atoms with Crippen LogP contribution in [0.15, 0.2) is 23.0 Å². The smallest absolute Gasteiger partial charge is 0.0962 e. The van der Waals surface area contributed by atoms with E-state index in [0.717, 1.165) is 43.6 Å². The molecule has 0 bridgehead atoms. The summed E-state index contributed by atoms with van der Waals surface area (Å²) < 4.78 is 5.90. The Kier molecular flexibility index (Phi) is 4.34. The second kappa shape index (κ2) is 6.15. The zero-order chi connectivity index (χ0) is 17.8. The summed E-state index contributed by atoms with van der Waals surface area (Å²) in [7, 11) is 0. The largest absolute Gasteiger partial charge is 0.498 e. The Morgan fingerprint density at radius 3 is 2.64 bits per heavy atom. The summed E-state index contributed by atoms with van der Waals surface area (Å²) in [5, 5.41) is 10.6. The summed E-state index contributed by atoms with van der Waals surface area (Å²) in [5.74, 6) is 3.50. The third kappa shape index (κ3) is 2.46. The highest BCUT2D eigenvalue weighted by Crippen LogP contribution is 2.65. The van der Waals surface area contributed by atoms with Crippen LogP contribution in [0.5, 0.6) is 0 Å². The molecule has 0 aromatic carbocycles. The molecule has 0 spiro atoms. The van der Waals surface area contributed by atoms with Crippen molar-refractivity contribution in [2.75, 3.05) is 6.61 Å². The molecule has 4 rings (SSSR count). The Morgan fingerprint density at radius 2 is 1.92 bits per heavy atom. The highest BCUT2D eigenvalue weighted by molar-refractivity contribution is 5.40. The zero-order valence-corrected chi connectivity index (χ0v) is 16.6. The normalized spacial score (nSPS) is 46.2. The maximum absolute atomic E-state index is 10.6. The standard InChI is InChI=1S/C23H36O2/c1-5-15-13-17-18-7-8-21(24)23(18,4)12-10-19(17)22(3)11-9-16(25-6-2)14-20(15)22/h14,17-19,21,24H,5-13H2,1-4H3/t17-,18-,19-,21?,22+,23-/m0/s1. The number of hydrogen-bond donors (Lipinski definition) is 1. The molecule has 0 saturated heterocycles. The van der Waals surface area contributed by atoms with Crippen LogP contribution in [0, 0.1) is 28.6 Å². The number of hydrogen-bond acceptors (Lipinski definition) is 2. The van der Waals surface area contributed by atoms with Gasteiger partial charge in [0.1, 0.15) is 0 Å². The first-order chi connectivity index (χ1) is 11.9. The lowest BCUT2D eigenvalue weighted by Gasteiger charge is -2.57. The fourth-order valence-corrected chi connectivity index (χ4v) is 7.17. The zero-order valence-electron chi connectivity index (χ0n) is 16.6. The van der Waals surface area contributed by atoms with Gasteiger partial charge < -0.3 is 9.84 Å². The first-order valence-corrected chi connectivity index (χ1v) is 10.7. The van der Waals surface area contributed by atoms with E-state index in [1.165, 1.54) is 37.9 Å². The van der Waals surface area contributed by atoms with Gasteiger partial charge in [-0.1, -0.05) is 26.3 Å². The maximum atomic E-state index is 10.6. The summed E-state index contributed by atoms with van der Waals surface area (Å²) in [6, 6.07) is 0. The molecule has 4 aliphatic rings.